The van der Waals surface area contributed by atoms with Crippen LogP contribution in [0.15, 0.2) is 36.4 Å². The highest BCUT2D eigenvalue weighted by molar-refractivity contribution is 5.86. The van der Waals surface area contributed by atoms with E-state index in [1.54, 1.807) is 12.1 Å². The van der Waals surface area contributed by atoms with Crippen molar-refractivity contribution >= 4 is 10.8 Å². The molecule has 1 saturated carbocycles. The molecule has 2 aromatic carbocycles. The normalized spacial score (nSPS) is 14.8. The predicted octanol–water partition coefficient (Wildman–Crippen LogP) is 8.05. The Morgan fingerprint density at radius 3 is 2.08 bits per heavy atom. The van der Waals surface area contributed by atoms with Crippen molar-refractivity contribution in [3.8, 4) is 5.75 Å². The number of fused-ring (bicyclic) bond motifs is 1. The lowest BCUT2D eigenvalue weighted by atomic mass is 9.72. The van der Waals surface area contributed by atoms with Crippen LogP contribution in [-0.4, -0.2) is 0 Å². The van der Waals surface area contributed by atoms with Crippen molar-refractivity contribution < 1.29 is 9.47 Å². The number of aryl methyl sites for hydroxylation is 1. The minimum Gasteiger partial charge on any atom is -0.294 e. The van der Waals surface area contributed by atoms with Gasteiger partial charge in [0.25, 0.3) is 0 Å². The largest absolute Gasteiger partial charge is 0.294 e. The molecule has 0 radical (unpaired) electrons. The zero-order chi connectivity index (χ0) is 18.9. The minimum atomic E-state index is 0.260. The second-order valence-corrected chi connectivity index (χ2v) is 7.74. The van der Waals surface area contributed by atoms with Gasteiger partial charge < -0.3 is 0 Å². The molecule has 0 unspecified atom stereocenters. The average molecular weight is 347 g/mol. The van der Waals surface area contributed by atoms with E-state index < -0.39 is 0 Å². The van der Waals surface area contributed by atoms with Crippen LogP contribution >= 0.6 is 0 Å². The summed E-state index contributed by atoms with van der Waals surface area (Å²) in [6, 6.07) is 11.2. The molecular formula is C23H35FO. The fourth-order valence-electron chi connectivity index (χ4n) is 3.48. The third-order valence-electron chi connectivity index (χ3n) is 4.96. The molecule has 0 saturated heterocycles. The molecule has 140 valence electrons. The molecule has 2 heteroatoms. The van der Waals surface area contributed by atoms with E-state index in [0.29, 0.717) is 5.41 Å². The van der Waals surface area contributed by atoms with E-state index >= 15 is 0 Å². The molecule has 0 aromatic heterocycles. The Balaban J connectivity index is 0.000000235. The van der Waals surface area contributed by atoms with Crippen molar-refractivity contribution in [3.63, 3.8) is 0 Å². The summed E-state index contributed by atoms with van der Waals surface area (Å²) in [6.45, 7) is 13.1. The smallest absolute Gasteiger partial charge is 0.172 e. The van der Waals surface area contributed by atoms with Crippen LogP contribution in [0.4, 0.5) is 4.53 Å². The minimum absolute atomic E-state index is 0.260. The van der Waals surface area contributed by atoms with E-state index in [1.807, 2.05) is 45.0 Å². The van der Waals surface area contributed by atoms with E-state index in [-0.39, 0.29) is 5.75 Å². The van der Waals surface area contributed by atoms with Crippen molar-refractivity contribution in [3.05, 3.63) is 42.0 Å². The van der Waals surface area contributed by atoms with E-state index in [0.717, 1.165) is 22.3 Å². The molecule has 25 heavy (non-hydrogen) atoms. The van der Waals surface area contributed by atoms with Gasteiger partial charge in [-0.25, -0.2) is 0 Å². The van der Waals surface area contributed by atoms with Crippen LogP contribution in [0.5, 0.6) is 5.75 Å². The van der Waals surface area contributed by atoms with Crippen LogP contribution in [0.25, 0.3) is 10.8 Å². The monoisotopic (exact) mass is 346 g/mol. The predicted molar refractivity (Wildman–Crippen MR) is 108 cm³/mol. The van der Waals surface area contributed by atoms with Gasteiger partial charge in [0.15, 0.2) is 5.75 Å². The van der Waals surface area contributed by atoms with Gasteiger partial charge in [-0.1, -0.05) is 78.1 Å². The maximum atomic E-state index is 11.9. The molecule has 2 aromatic rings. The van der Waals surface area contributed by atoms with Crippen LogP contribution in [0.3, 0.4) is 0 Å². The Morgan fingerprint density at radius 2 is 1.56 bits per heavy atom. The molecule has 1 aliphatic rings. The van der Waals surface area contributed by atoms with Crippen molar-refractivity contribution in [2.45, 2.75) is 73.6 Å². The van der Waals surface area contributed by atoms with Gasteiger partial charge in [-0.2, -0.15) is 0 Å². The Labute approximate surface area is 153 Å². The highest BCUT2D eigenvalue weighted by atomic mass is 19.3. The number of halogens is 1. The second kappa shape index (κ2) is 10.4. The van der Waals surface area contributed by atoms with Crippen LogP contribution in [-0.2, 0) is 0 Å². The molecule has 1 fully saturated rings. The summed E-state index contributed by atoms with van der Waals surface area (Å²) < 4.78 is 11.9. The standard InChI is InChI=1S/C11H9FO.C10H20.C2H6/c1-8-6-10(13-12)7-9-4-2-3-5-11(8)9;1-10(2,3)9-7-5-4-6-8-9;1-2/h2-7H,1H3;9H,4-8H2,1-3H3;1-2H3. The zero-order valence-electron chi connectivity index (χ0n) is 16.9. The number of hydrogen-bond donors (Lipinski definition) is 0. The molecular weight excluding hydrogens is 311 g/mol. The van der Waals surface area contributed by atoms with Gasteiger partial charge in [0.2, 0.25) is 0 Å². The molecule has 1 nitrogen and oxygen atoms in total. The third-order valence-corrected chi connectivity index (χ3v) is 4.96. The summed E-state index contributed by atoms with van der Waals surface area (Å²) in [5, 5.41) is 2.12. The van der Waals surface area contributed by atoms with E-state index in [2.05, 4.69) is 25.7 Å². The van der Waals surface area contributed by atoms with E-state index in [1.165, 1.54) is 32.1 Å². The average Bonchev–Trinajstić information content (AvgIpc) is 2.64. The topological polar surface area (TPSA) is 9.23 Å². The molecule has 0 aliphatic heterocycles. The second-order valence-electron chi connectivity index (χ2n) is 7.74. The SMILES string of the molecule is CC.CC(C)(C)C1CCCCC1.Cc1cc(OF)cc2ccccc12. The maximum absolute atomic E-state index is 11.9. The number of hydrogen-bond acceptors (Lipinski definition) is 1. The van der Waals surface area contributed by atoms with Crippen LogP contribution < -0.4 is 4.94 Å². The first-order valence-corrected chi connectivity index (χ1v) is 9.70. The van der Waals surface area contributed by atoms with Gasteiger partial charge in [-0.15, -0.1) is 0 Å². The molecule has 0 atom stereocenters. The number of benzene rings is 2. The lowest BCUT2D eigenvalue weighted by Crippen LogP contribution is -2.22. The fraction of sp³-hybridized carbons (Fsp3) is 0.565. The van der Waals surface area contributed by atoms with Crippen molar-refractivity contribution in [2.75, 3.05) is 0 Å². The van der Waals surface area contributed by atoms with E-state index in [9.17, 15) is 4.53 Å². The molecule has 0 heterocycles. The highest BCUT2D eigenvalue weighted by Crippen LogP contribution is 2.37. The van der Waals surface area contributed by atoms with Crippen molar-refractivity contribution in [1.29, 1.82) is 0 Å². The highest BCUT2D eigenvalue weighted by Gasteiger charge is 2.25. The zero-order valence-corrected chi connectivity index (χ0v) is 16.9. The number of rotatable bonds is 1. The molecule has 0 spiro atoms. The summed E-state index contributed by atoms with van der Waals surface area (Å²) >= 11 is 0. The molecule has 1 aliphatic carbocycles. The Bertz CT molecular complexity index is 622. The fourth-order valence-corrected chi connectivity index (χ4v) is 3.48. The van der Waals surface area contributed by atoms with Gasteiger partial charge in [0, 0.05) is 4.53 Å². The van der Waals surface area contributed by atoms with Gasteiger partial charge in [0.1, 0.15) is 0 Å². The first-order chi connectivity index (χ1) is 11.9. The van der Waals surface area contributed by atoms with Crippen molar-refractivity contribution in [1.82, 2.24) is 0 Å². The molecule has 3 rings (SSSR count). The van der Waals surface area contributed by atoms with Gasteiger partial charge >= 0.3 is 0 Å². The summed E-state index contributed by atoms with van der Waals surface area (Å²) in [7, 11) is 0. The third kappa shape index (κ3) is 6.68. The molecule has 0 bridgehead atoms. The first-order valence-electron chi connectivity index (χ1n) is 9.70. The Kier molecular flexibility index (Phi) is 8.96. The summed E-state index contributed by atoms with van der Waals surface area (Å²) in [6.07, 6.45) is 7.38. The molecule has 0 N–H and O–H groups in total. The van der Waals surface area contributed by atoms with Gasteiger partial charge in [-0.05, 0) is 59.6 Å². The van der Waals surface area contributed by atoms with Crippen molar-refractivity contribution in [2.24, 2.45) is 11.3 Å². The summed E-state index contributed by atoms with van der Waals surface area (Å²) in [4.78, 5) is 3.70. The lowest BCUT2D eigenvalue weighted by molar-refractivity contribution is -0.00609. The van der Waals surface area contributed by atoms with Gasteiger partial charge in [-0.3, -0.25) is 4.94 Å². The Morgan fingerprint density at radius 1 is 0.960 bits per heavy atom. The quantitative estimate of drug-likeness (QED) is 0.507. The maximum Gasteiger partial charge on any atom is 0.172 e. The summed E-state index contributed by atoms with van der Waals surface area (Å²) in [5.41, 5.74) is 1.59. The Hall–Kier alpha value is -1.57. The summed E-state index contributed by atoms with van der Waals surface area (Å²) in [5.74, 6) is 1.26. The van der Waals surface area contributed by atoms with Crippen LogP contribution in [0.1, 0.15) is 72.3 Å². The van der Waals surface area contributed by atoms with E-state index in [4.69, 9.17) is 0 Å². The van der Waals surface area contributed by atoms with Crippen LogP contribution in [0, 0.1) is 18.3 Å². The molecule has 0 amide bonds. The van der Waals surface area contributed by atoms with Gasteiger partial charge in [0.05, 0.1) is 0 Å². The first kappa shape index (κ1) is 21.5. The van der Waals surface area contributed by atoms with Crippen LogP contribution in [0.2, 0.25) is 0 Å². The lowest BCUT2D eigenvalue weighted by Gasteiger charge is -2.33.